The summed E-state index contributed by atoms with van der Waals surface area (Å²) < 4.78 is 27.7. The second-order valence-corrected chi connectivity index (χ2v) is 7.08. The quantitative estimate of drug-likeness (QED) is 0.644. The summed E-state index contributed by atoms with van der Waals surface area (Å²) in [5.74, 6) is -1.73. The maximum absolute atomic E-state index is 13.9. The highest BCUT2D eigenvalue weighted by molar-refractivity contribution is 6.33. The third-order valence-corrected chi connectivity index (χ3v) is 4.83. The maximum Gasteiger partial charge on any atom is 0.292 e. The summed E-state index contributed by atoms with van der Waals surface area (Å²) in [5.41, 5.74) is -1.75. The van der Waals surface area contributed by atoms with E-state index in [0.29, 0.717) is 16.7 Å². The molecule has 0 aliphatic carbocycles. The fourth-order valence-electron chi connectivity index (χ4n) is 2.64. The molecule has 1 aromatic heterocycles. The van der Waals surface area contributed by atoms with Crippen LogP contribution >= 0.6 is 23.2 Å². The van der Waals surface area contributed by atoms with Gasteiger partial charge >= 0.3 is 0 Å². The lowest BCUT2D eigenvalue weighted by Gasteiger charge is -2.26. The van der Waals surface area contributed by atoms with Crippen molar-refractivity contribution in [2.75, 3.05) is 11.9 Å². The molecule has 0 fully saturated rings. The Hall–Kier alpha value is -2.48. The molecule has 0 amide bonds. The molecular formula is C19H15Cl2F2N3O2. The number of nitrogens with one attached hydrogen (secondary N) is 1. The molecule has 0 saturated carbocycles. The summed E-state index contributed by atoms with van der Waals surface area (Å²) in [6.07, 6.45) is 1.22. The standard InChI is InChI=1S/C19H15Cl2F2N3O2/c1-19(28,12-4-2-3-5-13(12)20)10-24-15-9-25-26(18(27)17(15)21)16-7-6-11(22)8-14(16)23/h2-9,24,28H,10H2,1H3. The van der Waals surface area contributed by atoms with E-state index in [1.807, 2.05) is 0 Å². The Kier molecular flexibility index (Phi) is 5.69. The van der Waals surface area contributed by atoms with E-state index in [0.717, 1.165) is 16.8 Å². The minimum atomic E-state index is -1.36. The van der Waals surface area contributed by atoms with Crippen molar-refractivity contribution in [3.8, 4) is 5.69 Å². The second kappa shape index (κ2) is 7.87. The van der Waals surface area contributed by atoms with Crippen molar-refractivity contribution in [3.05, 3.63) is 86.3 Å². The van der Waals surface area contributed by atoms with Crippen LogP contribution in [0.25, 0.3) is 5.69 Å². The van der Waals surface area contributed by atoms with Gasteiger partial charge in [-0.1, -0.05) is 41.4 Å². The second-order valence-electron chi connectivity index (χ2n) is 6.29. The number of rotatable bonds is 5. The van der Waals surface area contributed by atoms with Gasteiger partial charge in [0.1, 0.15) is 22.1 Å². The largest absolute Gasteiger partial charge is 0.384 e. The number of halogens is 4. The number of aliphatic hydroxyl groups is 1. The minimum absolute atomic E-state index is 0.0213. The number of hydrogen-bond donors (Lipinski definition) is 2. The van der Waals surface area contributed by atoms with E-state index in [1.54, 1.807) is 31.2 Å². The molecule has 2 N–H and O–H groups in total. The smallest absolute Gasteiger partial charge is 0.292 e. The highest BCUT2D eigenvalue weighted by Crippen LogP contribution is 2.29. The Morgan fingerprint density at radius 2 is 1.93 bits per heavy atom. The molecule has 3 rings (SSSR count). The van der Waals surface area contributed by atoms with Crippen LogP contribution in [-0.4, -0.2) is 21.4 Å². The molecule has 5 nitrogen and oxygen atoms in total. The summed E-state index contributed by atoms with van der Waals surface area (Å²) in [6, 6.07) is 9.55. The summed E-state index contributed by atoms with van der Waals surface area (Å²) in [5, 5.41) is 17.6. The van der Waals surface area contributed by atoms with E-state index >= 15 is 0 Å². The van der Waals surface area contributed by atoms with Crippen molar-refractivity contribution in [1.82, 2.24) is 9.78 Å². The van der Waals surface area contributed by atoms with Gasteiger partial charge in [0.25, 0.3) is 5.56 Å². The Morgan fingerprint density at radius 3 is 2.61 bits per heavy atom. The molecule has 3 aromatic rings. The Labute approximate surface area is 169 Å². The third kappa shape index (κ3) is 4.01. The van der Waals surface area contributed by atoms with Gasteiger partial charge in [-0.05, 0) is 25.1 Å². The molecule has 28 heavy (non-hydrogen) atoms. The predicted octanol–water partition coefficient (Wildman–Crippen LogP) is 4.14. The lowest BCUT2D eigenvalue weighted by molar-refractivity contribution is 0.0716. The van der Waals surface area contributed by atoms with Gasteiger partial charge in [0.05, 0.1) is 11.9 Å². The Balaban J connectivity index is 1.88. The molecule has 146 valence electrons. The average Bonchev–Trinajstić information content (AvgIpc) is 2.64. The monoisotopic (exact) mass is 425 g/mol. The topological polar surface area (TPSA) is 67.2 Å². The zero-order chi connectivity index (χ0) is 20.5. The van der Waals surface area contributed by atoms with Gasteiger partial charge in [-0.25, -0.2) is 8.78 Å². The SMILES string of the molecule is CC(O)(CNc1cnn(-c2ccc(F)cc2F)c(=O)c1Cl)c1ccccc1Cl. The number of aromatic nitrogens is 2. The zero-order valence-corrected chi connectivity index (χ0v) is 16.1. The van der Waals surface area contributed by atoms with Crippen molar-refractivity contribution in [2.45, 2.75) is 12.5 Å². The summed E-state index contributed by atoms with van der Waals surface area (Å²) >= 11 is 12.2. The van der Waals surface area contributed by atoms with Crippen molar-refractivity contribution >= 4 is 28.9 Å². The summed E-state index contributed by atoms with van der Waals surface area (Å²) in [4.78, 5) is 12.5. The molecule has 0 bridgehead atoms. The fourth-order valence-corrected chi connectivity index (χ4v) is 3.18. The van der Waals surface area contributed by atoms with Crippen LogP contribution in [0.1, 0.15) is 12.5 Å². The average molecular weight is 426 g/mol. The highest BCUT2D eigenvalue weighted by Gasteiger charge is 2.26. The van der Waals surface area contributed by atoms with Gasteiger partial charge < -0.3 is 10.4 Å². The first kappa shape index (κ1) is 20.3. The molecule has 0 spiro atoms. The lowest BCUT2D eigenvalue weighted by Crippen LogP contribution is -2.32. The lowest BCUT2D eigenvalue weighted by atomic mass is 9.96. The Morgan fingerprint density at radius 1 is 1.21 bits per heavy atom. The van der Waals surface area contributed by atoms with Gasteiger partial charge in [0.2, 0.25) is 0 Å². The van der Waals surface area contributed by atoms with Crippen LogP contribution in [0.5, 0.6) is 0 Å². The Bertz CT molecular complexity index is 1090. The maximum atomic E-state index is 13.9. The van der Waals surface area contributed by atoms with E-state index in [-0.39, 0.29) is 22.9 Å². The van der Waals surface area contributed by atoms with Crippen molar-refractivity contribution in [3.63, 3.8) is 0 Å². The number of nitrogens with zero attached hydrogens (tertiary/aromatic N) is 2. The van der Waals surface area contributed by atoms with Gasteiger partial charge in [0, 0.05) is 23.2 Å². The van der Waals surface area contributed by atoms with Crippen molar-refractivity contribution < 1.29 is 13.9 Å². The van der Waals surface area contributed by atoms with Crippen LogP contribution in [0.15, 0.2) is 53.5 Å². The van der Waals surface area contributed by atoms with Crippen LogP contribution in [0.3, 0.4) is 0 Å². The third-order valence-electron chi connectivity index (χ3n) is 4.13. The van der Waals surface area contributed by atoms with E-state index in [9.17, 15) is 18.7 Å². The predicted molar refractivity (Wildman–Crippen MR) is 104 cm³/mol. The van der Waals surface area contributed by atoms with Gasteiger partial charge in [-0.2, -0.15) is 9.78 Å². The zero-order valence-electron chi connectivity index (χ0n) is 14.6. The van der Waals surface area contributed by atoms with Crippen molar-refractivity contribution in [2.24, 2.45) is 0 Å². The number of anilines is 1. The first-order valence-electron chi connectivity index (χ1n) is 8.15. The van der Waals surface area contributed by atoms with Crippen LogP contribution in [0.4, 0.5) is 14.5 Å². The number of hydrogen-bond acceptors (Lipinski definition) is 4. The molecule has 9 heteroatoms. The number of benzene rings is 2. The molecular weight excluding hydrogens is 411 g/mol. The normalized spacial score (nSPS) is 13.2. The first-order valence-corrected chi connectivity index (χ1v) is 8.91. The van der Waals surface area contributed by atoms with E-state index in [1.165, 1.54) is 6.20 Å². The van der Waals surface area contributed by atoms with E-state index in [4.69, 9.17) is 23.2 Å². The van der Waals surface area contributed by atoms with Crippen LogP contribution < -0.4 is 10.9 Å². The van der Waals surface area contributed by atoms with Gasteiger partial charge in [-0.15, -0.1) is 0 Å². The van der Waals surface area contributed by atoms with Crippen LogP contribution in [0.2, 0.25) is 10.0 Å². The molecule has 0 radical (unpaired) electrons. The van der Waals surface area contributed by atoms with Crippen LogP contribution in [0, 0.1) is 11.6 Å². The molecule has 1 atom stereocenters. The van der Waals surface area contributed by atoms with Gasteiger partial charge in [0.15, 0.2) is 5.82 Å². The molecule has 0 aliphatic rings. The fraction of sp³-hybridized carbons (Fsp3) is 0.158. The van der Waals surface area contributed by atoms with E-state index < -0.39 is 22.8 Å². The van der Waals surface area contributed by atoms with Gasteiger partial charge in [-0.3, -0.25) is 4.79 Å². The summed E-state index contributed by atoms with van der Waals surface area (Å²) in [6.45, 7) is 1.53. The minimum Gasteiger partial charge on any atom is -0.384 e. The van der Waals surface area contributed by atoms with E-state index in [2.05, 4.69) is 10.4 Å². The molecule has 0 aliphatic heterocycles. The summed E-state index contributed by atoms with van der Waals surface area (Å²) in [7, 11) is 0. The van der Waals surface area contributed by atoms with Crippen LogP contribution in [-0.2, 0) is 5.60 Å². The first-order chi connectivity index (χ1) is 13.2. The highest BCUT2D eigenvalue weighted by atomic mass is 35.5. The van der Waals surface area contributed by atoms with Crippen molar-refractivity contribution in [1.29, 1.82) is 0 Å². The molecule has 1 heterocycles. The molecule has 2 aromatic carbocycles. The molecule has 1 unspecified atom stereocenters. The molecule has 0 saturated heterocycles.